The minimum absolute atomic E-state index is 0.179. The van der Waals surface area contributed by atoms with E-state index in [1.165, 1.54) is 12.3 Å². The summed E-state index contributed by atoms with van der Waals surface area (Å²) >= 11 is 0. The molecule has 2 heterocycles. The van der Waals surface area contributed by atoms with Gasteiger partial charge in [0, 0.05) is 11.6 Å². The van der Waals surface area contributed by atoms with Gasteiger partial charge in [-0.3, -0.25) is 0 Å². The molecule has 0 amide bonds. The summed E-state index contributed by atoms with van der Waals surface area (Å²) in [5.74, 6) is 0.277. The smallest absolute Gasteiger partial charge is 0.365 e. The van der Waals surface area contributed by atoms with Gasteiger partial charge in [-0.15, -0.1) is 4.85 Å². The third kappa shape index (κ3) is 2.48. The molecule has 0 atom stereocenters. The van der Waals surface area contributed by atoms with Crippen molar-refractivity contribution in [3.63, 3.8) is 0 Å². The zero-order chi connectivity index (χ0) is 14.8. The highest BCUT2D eigenvalue weighted by molar-refractivity contribution is 5.44. The van der Waals surface area contributed by atoms with E-state index in [2.05, 4.69) is 20.6 Å². The number of nitrogens with one attached hydrogen (secondary N) is 1. The Balaban J connectivity index is 1.94. The summed E-state index contributed by atoms with van der Waals surface area (Å²) in [6, 6.07) is 7.00. The second-order valence-corrected chi connectivity index (χ2v) is 4.35. The van der Waals surface area contributed by atoms with E-state index in [1.54, 1.807) is 6.07 Å². The second-order valence-electron chi connectivity index (χ2n) is 4.35. The number of H-pyrrole nitrogens is 1. The van der Waals surface area contributed by atoms with E-state index >= 15 is 0 Å². The molecule has 0 radical (unpaired) electrons. The summed E-state index contributed by atoms with van der Waals surface area (Å²) in [6.07, 6.45) is 1.36. The Kier molecular flexibility index (Phi) is 3.14. The first-order chi connectivity index (χ1) is 10.1. The fraction of sp³-hybridized carbons (Fsp3) is 0.167. The zero-order valence-electron chi connectivity index (χ0n) is 11.1. The molecule has 0 bridgehead atoms. The number of tetrazole rings is 1. The molecule has 0 aliphatic carbocycles. The molecule has 0 saturated heterocycles. The number of nitrogens with zero attached hydrogens (tertiary/aromatic N) is 5. The van der Waals surface area contributed by atoms with Gasteiger partial charge in [-0.25, -0.2) is 9.89 Å². The Labute approximate surface area is 118 Å². The van der Waals surface area contributed by atoms with Gasteiger partial charge in [-0.05, 0) is 29.0 Å². The van der Waals surface area contributed by atoms with Crippen molar-refractivity contribution in [3.05, 3.63) is 52.1 Å². The highest BCUT2D eigenvalue weighted by Crippen LogP contribution is 2.19. The number of aryl methyl sites for hydroxylation is 1. The van der Waals surface area contributed by atoms with Crippen LogP contribution in [0.15, 0.2) is 35.3 Å². The lowest BCUT2D eigenvalue weighted by Crippen LogP contribution is -2.18. The average molecular weight is 288 g/mol. The molecule has 1 aromatic carbocycles. The van der Waals surface area contributed by atoms with Crippen molar-refractivity contribution in [3.8, 4) is 11.6 Å². The molecule has 0 spiro atoms. The van der Waals surface area contributed by atoms with E-state index in [-0.39, 0.29) is 12.5 Å². The summed E-state index contributed by atoms with van der Waals surface area (Å²) in [5.41, 5.74) is 1.87. The first kappa shape index (κ1) is 12.9. The number of hydrogen-bond donors (Lipinski definition) is 2. The largest absolute Gasteiger partial charge is 0.472 e. The lowest BCUT2D eigenvalue weighted by Gasteiger charge is -2.11. The van der Waals surface area contributed by atoms with E-state index in [4.69, 9.17) is 9.94 Å². The molecule has 9 heteroatoms. The summed E-state index contributed by atoms with van der Waals surface area (Å²) < 4.78 is 6.67. The molecular formula is C12H12N6O3. The van der Waals surface area contributed by atoms with Crippen molar-refractivity contribution in [2.45, 2.75) is 13.5 Å². The SMILES string of the molecule is Cc1cccc(-n2nn[nH]c2=O)c1COc1ccn(O)n1. The van der Waals surface area contributed by atoms with Gasteiger partial charge in [0.1, 0.15) is 6.61 Å². The van der Waals surface area contributed by atoms with Crippen molar-refractivity contribution in [1.29, 1.82) is 0 Å². The Hall–Kier alpha value is -3.10. The van der Waals surface area contributed by atoms with Gasteiger partial charge >= 0.3 is 5.69 Å². The van der Waals surface area contributed by atoms with Gasteiger partial charge in [0.05, 0.1) is 11.9 Å². The molecule has 0 aliphatic heterocycles. The van der Waals surface area contributed by atoms with E-state index in [9.17, 15) is 4.79 Å². The Bertz CT molecular complexity index is 818. The van der Waals surface area contributed by atoms with Crippen LogP contribution in [0, 0.1) is 6.92 Å². The van der Waals surface area contributed by atoms with Crippen LogP contribution in [-0.4, -0.2) is 35.4 Å². The van der Waals surface area contributed by atoms with Crippen LogP contribution >= 0.6 is 0 Å². The maximum atomic E-state index is 11.7. The number of benzene rings is 1. The van der Waals surface area contributed by atoms with Crippen LogP contribution < -0.4 is 10.4 Å². The molecule has 3 aromatic rings. The van der Waals surface area contributed by atoms with Gasteiger partial charge in [0.25, 0.3) is 0 Å². The topological polar surface area (TPSA) is 111 Å². The number of rotatable bonds is 4. The molecule has 2 N–H and O–H groups in total. The molecule has 0 aliphatic rings. The highest BCUT2D eigenvalue weighted by Gasteiger charge is 2.12. The second kappa shape index (κ2) is 5.12. The molecule has 9 nitrogen and oxygen atoms in total. The van der Waals surface area contributed by atoms with Crippen molar-refractivity contribution in [1.82, 2.24) is 30.2 Å². The van der Waals surface area contributed by atoms with Gasteiger partial charge in [-0.1, -0.05) is 17.2 Å². The minimum Gasteiger partial charge on any atom is -0.472 e. The lowest BCUT2D eigenvalue weighted by molar-refractivity contribution is 0.141. The predicted octanol–water partition coefficient (Wildman–Crippen LogP) is 0.277. The Morgan fingerprint density at radius 1 is 1.38 bits per heavy atom. The summed E-state index contributed by atoms with van der Waals surface area (Å²) in [5, 5.41) is 22.3. The Morgan fingerprint density at radius 2 is 2.24 bits per heavy atom. The van der Waals surface area contributed by atoms with Gasteiger partial charge in [0.2, 0.25) is 5.88 Å². The molecule has 21 heavy (non-hydrogen) atoms. The average Bonchev–Trinajstić information content (AvgIpc) is 3.06. The summed E-state index contributed by atoms with van der Waals surface area (Å²) in [4.78, 5) is 12.3. The molecule has 0 fully saturated rings. The number of hydrogen-bond acceptors (Lipinski definition) is 6. The van der Waals surface area contributed by atoms with Crippen LogP contribution in [0.2, 0.25) is 0 Å². The maximum absolute atomic E-state index is 11.7. The Morgan fingerprint density at radius 3 is 2.90 bits per heavy atom. The van der Waals surface area contributed by atoms with Crippen LogP contribution in [0.1, 0.15) is 11.1 Å². The molecule has 0 unspecified atom stereocenters. The molecule has 2 aromatic heterocycles. The monoisotopic (exact) mass is 288 g/mol. The standard InChI is InChI=1S/C12H12N6O3/c1-8-3-2-4-10(18-12(19)13-15-16-18)9(8)7-21-11-5-6-17(20)14-11/h2-6,20H,7H2,1H3,(H,13,16,19). The predicted molar refractivity (Wildman–Crippen MR) is 70.5 cm³/mol. The zero-order valence-corrected chi connectivity index (χ0v) is 11.1. The highest BCUT2D eigenvalue weighted by atomic mass is 16.5. The number of ether oxygens (including phenoxy) is 1. The van der Waals surface area contributed by atoms with Crippen LogP contribution in [0.3, 0.4) is 0 Å². The van der Waals surface area contributed by atoms with Gasteiger partial charge in [0.15, 0.2) is 0 Å². The summed E-state index contributed by atoms with van der Waals surface area (Å²) in [7, 11) is 0. The molecule has 3 rings (SSSR count). The molecule has 108 valence electrons. The molecular weight excluding hydrogens is 276 g/mol. The van der Waals surface area contributed by atoms with Crippen molar-refractivity contribution in [2.24, 2.45) is 0 Å². The van der Waals surface area contributed by atoms with Crippen molar-refractivity contribution >= 4 is 0 Å². The number of aromatic nitrogens is 6. The molecule has 0 saturated carbocycles. The van der Waals surface area contributed by atoms with Crippen molar-refractivity contribution in [2.75, 3.05) is 0 Å². The fourth-order valence-electron chi connectivity index (χ4n) is 1.95. The van der Waals surface area contributed by atoms with E-state index in [1.807, 2.05) is 19.1 Å². The number of aromatic amines is 1. The third-order valence-corrected chi connectivity index (χ3v) is 3.00. The normalized spacial score (nSPS) is 10.7. The van der Waals surface area contributed by atoms with Crippen LogP contribution in [0.4, 0.5) is 0 Å². The fourth-order valence-corrected chi connectivity index (χ4v) is 1.95. The van der Waals surface area contributed by atoms with Gasteiger partial charge < -0.3 is 9.94 Å². The van der Waals surface area contributed by atoms with E-state index in [0.29, 0.717) is 10.5 Å². The van der Waals surface area contributed by atoms with Gasteiger partial charge in [-0.2, -0.15) is 4.68 Å². The van der Waals surface area contributed by atoms with E-state index < -0.39 is 5.69 Å². The lowest BCUT2D eigenvalue weighted by atomic mass is 10.1. The third-order valence-electron chi connectivity index (χ3n) is 3.00. The van der Waals surface area contributed by atoms with Crippen molar-refractivity contribution < 1.29 is 9.94 Å². The first-order valence-electron chi connectivity index (χ1n) is 6.12. The quantitative estimate of drug-likeness (QED) is 0.667. The summed E-state index contributed by atoms with van der Waals surface area (Å²) in [6.45, 7) is 2.08. The van der Waals surface area contributed by atoms with Crippen LogP contribution in [0.5, 0.6) is 5.88 Å². The minimum atomic E-state index is -0.429. The maximum Gasteiger partial charge on any atom is 0.365 e. The van der Waals surface area contributed by atoms with E-state index in [0.717, 1.165) is 15.8 Å². The first-order valence-corrected chi connectivity index (χ1v) is 6.12. The van der Waals surface area contributed by atoms with Crippen LogP contribution in [-0.2, 0) is 6.61 Å². The van der Waals surface area contributed by atoms with Crippen LogP contribution in [0.25, 0.3) is 5.69 Å².